The molecule has 0 aliphatic heterocycles. The minimum Gasteiger partial charge on any atom is -0.315 e. The van der Waals surface area contributed by atoms with Crippen molar-refractivity contribution in [1.29, 1.82) is 0 Å². The van der Waals surface area contributed by atoms with Gasteiger partial charge in [-0.3, -0.25) is 4.98 Å². The van der Waals surface area contributed by atoms with E-state index in [2.05, 4.69) is 34.0 Å². The zero-order valence-electron chi connectivity index (χ0n) is 16.6. The molecule has 3 aromatic rings. The Balaban J connectivity index is 1.78. The molecule has 5 heteroatoms. The van der Waals surface area contributed by atoms with E-state index in [1.54, 1.807) is 11.8 Å². The number of allylic oxidation sites excluding steroid dienone is 1. The van der Waals surface area contributed by atoms with Crippen LogP contribution in [0.25, 0.3) is 28.6 Å². The Bertz CT molecular complexity index is 1060. The van der Waals surface area contributed by atoms with E-state index in [4.69, 9.17) is 4.98 Å². The Morgan fingerprint density at radius 2 is 1.86 bits per heavy atom. The molecule has 0 unspecified atom stereocenters. The van der Waals surface area contributed by atoms with Crippen molar-refractivity contribution in [2.75, 3.05) is 6.26 Å². The number of hydrogen-bond donors (Lipinski definition) is 0. The van der Waals surface area contributed by atoms with Gasteiger partial charge in [0.05, 0.1) is 17.1 Å². The Morgan fingerprint density at radius 1 is 1.07 bits per heavy atom. The molecule has 5 rings (SSSR count). The lowest BCUT2D eigenvalue weighted by molar-refractivity contribution is 0.339. The fraction of sp³-hybridized carbons (Fsp3) is 0.333. The number of fused-ring (bicyclic) bond motifs is 1. The third-order valence-electron chi connectivity index (χ3n) is 6.04. The van der Waals surface area contributed by atoms with Gasteiger partial charge in [0.25, 0.3) is 0 Å². The van der Waals surface area contributed by atoms with Crippen molar-refractivity contribution in [2.45, 2.75) is 49.7 Å². The third-order valence-corrected chi connectivity index (χ3v) is 6.70. The highest BCUT2D eigenvalue weighted by Gasteiger charge is 2.28. The number of nitrogens with zero attached hydrogens (tertiary/aromatic N) is 3. The average Bonchev–Trinajstić information content (AvgIpc) is 3.39. The summed E-state index contributed by atoms with van der Waals surface area (Å²) in [5.74, 6) is -0.222. The van der Waals surface area contributed by atoms with Crippen LogP contribution in [0, 0.1) is 5.82 Å². The van der Waals surface area contributed by atoms with Crippen LogP contribution >= 0.6 is 11.8 Å². The molecule has 0 amide bonds. The number of thioether (sulfide) groups is 1. The van der Waals surface area contributed by atoms with Crippen LogP contribution in [0.5, 0.6) is 0 Å². The monoisotopic (exact) mass is 405 g/mol. The minimum atomic E-state index is -0.222. The van der Waals surface area contributed by atoms with Gasteiger partial charge in [-0.05, 0) is 49.4 Å². The van der Waals surface area contributed by atoms with Gasteiger partial charge < -0.3 is 4.57 Å². The molecule has 1 saturated carbocycles. The third kappa shape index (κ3) is 3.31. The largest absolute Gasteiger partial charge is 0.315 e. The van der Waals surface area contributed by atoms with Crippen LogP contribution in [0.4, 0.5) is 4.39 Å². The fourth-order valence-corrected chi connectivity index (χ4v) is 5.28. The summed E-state index contributed by atoms with van der Waals surface area (Å²) in [6.07, 6.45) is 15.4. The van der Waals surface area contributed by atoms with Gasteiger partial charge in [-0.2, -0.15) is 0 Å². The molecule has 2 heterocycles. The summed E-state index contributed by atoms with van der Waals surface area (Å²) in [6, 6.07) is 9.30. The van der Waals surface area contributed by atoms with E-state index in [-0.39, 0.29) is 5.82 Å². The second kappa shape index (κ2) is 7.79. The summed E-state index contributed by atoms with van der Waals surface area (Å²) in [5, 5.41) is 1.04. The first-order valence-electron chi connectivity index (χ1n) is 10.3. The number of hydrogen-bond acceptors (Lipinski definition) is 3. The standard InChI is InChI=1S/C24H24FN3S/c1-29-24-27-22(16-10-12-17(25)13-11-16)23(28(24)18-6-3-2-4-7-18)20-14-15-26-21-9-5-8-19(20)21/h5,8,10-15,18H,2-4,6-7,9H2,1H3. The highest BCUT2D eigenvalue weighted by Crippen LogP contribution is 2.43. The molecule has 148 valence electrons. The van der Waals surface area contributed by atoms with Gasteiger partial charge in [0.2, 0.25) is 0 Å². The highest BCUT2D eigenvalue weighted by molar-refractivity contribution is 7.98. The molecule has 0 bridgehead atoms. The number of halogens is 1. The Labute approximate surface area is 175 Å². The second-order valence-corrected chi connectivity index (χ2v) is 8.56. The molecule has 2 aromatic heterocycles. The van der Waals surface area contributed by atoms with E-state index in [9.17, 15) is 4.39 Å². The predicted octanol–water partition coefficient (Wildman–Crippen LogP) is 6.55. The summed E-state index contributed by atoms with van der Waals surface area (Å²) in [7, 11) is 0. The summed E-state index contributed by atoms with van der Waals surface area (Å²) >= 11 is 1.69. The first-order chi connectivity index (χ1) is 14.3. The average molecular weight is 406 g/mol. The van der Waals surface area contributed by atoms with Gasteiger partial charge in [0, 0.05) is 35.3 Å². The van der Waals surface area contributed by atoms with Crippen molar-refractivity contribution in [1.82, 2.24) is 14.5 Å². The number of rotatable bonds is 4. The molecule has 3 nitrogen and oxygen atoms in total. The van der Waals surface area contributed by atoms with Crippen LogP contribution in [0.1, 0.15) is 49.4 Å². The molecule has 0 radical (unpaired) electrons. The number of benzene rings is 1. The van der Waals surface area contributed by atoms with E-state index in [0.29, 0.717) is 6.04 Å². The topological polar surface area (TPSA) is 30.7 Å². The molecule has 0 spiro atoms. The molecule has 0 atom stereocenters. The highest BCUT2D eigenvalue weighted by atomic mass is 32.2. The maximum absolute atomic E-state index is 13.6. The van der Waals surface area contributed by atoms with Crippen molar-refractivity contribution in [3.63, 3.8) is 0 Å². The van der Waals surface area contributed by atoms with Crippen LogP contribution in [-0.2, 0) is 6.42 Å². The SMILES string of the molecule is CSc1nc(-c2ccc(F)cc2)c(-c2ccnc3c2C=CC3)n1C1CCCCC1. The van der Waals surface area contributed by atoms with Gasteiger partial charge in [-0.15, -0.1) is 0 Å². The molecule has 2 aliphatic rings. The maximum Gasteiger partial charge on any atom is 0.169 e. The van der Waals surface area contributed by atoms with E-state index in [1.165, 1.54) is 55.4 Å². The smallest absolute Gasteiger partial charge is 0.169 e. The van der Waals surface area contributed by atoms with Gasteiger partial charge in [-0.1, -0.05) is 43.2 Å². The lowest BCUT2D eigenvalue weighted by Crippen LogP contribution is -2.15. The van der Waals surface area contributed by atoms with Crippen LogP contribution < -0.4 is 0 Å². The summed E-state index contributed by atoms with van der Waals surface area (Å²) in [5.41, 5.74) is 6.54. The molecule has 1 fully saturated rings. The van der Waals surface area contributed by atoms with Gasteiger partial charge in [0.15, 0.2) is 5.16 Å². The lowest BCUT2D eigenvalue weighted by atomic mass is 9.94. The number of pyridine rings is 1. The van der Waals surface area contributed by atoms with E-state index < -0.39 is 0 Å². The number of aromatic nitrogens is 3. The van der Waals surface area contributed by atoms with E-state index in [1.807, 2.05) is 18.3 Å². The Morgan fingerprint density at radius 3 is 2.62 bits per heavy atom. The van der Waals surface area contributed by atoms with Crippen LogP contribution in [0.2, 0.25) is 0 Å². The lowest BCUT2D eigenvalue weighted by Gasteiger charge is -2.27. The fourth-order valence-electron chi connectivity index (χ4n) is 4.66. The molecule has 2 aliphatic carbocycles. The molecular weight excluding hydrogens is 381 g/mol. The van der Waals surface area contributed by atoms with Crippen molar-refractivity contribution in [3.8, 4) is 22.5 Å². The first kappa shape index (κ1) is 18.6. The summed E-state index contributed by atoms with van der Waals surface area (Å²) in [4.78, 5) is 9.65. The molecule has 29 heavy (non-hydrogen) atoms. The normalized spacial score (nSPS) is 16.3. The van der Waals surface area contributed by atoms with Crippen molar-refractivity contribution in [2.24, 2.45) is 0 Å². The minimum absolute atomic E-state index is 0.222. The van der Waals surface area contributed by atoms with Crippen molar-refractivity contribution in [3.05, 3.63) is 59.7 Å². The Kier molecular flexibility index (Phi) is 5.00. The Hall–Kier alpha value is -2.40. The quantitative estimate of drug-likeness (QED) is 0.461. The maximum atomic E-state index is 13.6. The van der Waals surface area contributed by atoms with Gasteiger partial charge >= 0.3 is 0 Å². The van der Waals surface area contributed by atoms with Gasteiger partial charge in [-0.25, -0.2) is 9.37 Å². The van der Waals surface area contributed by atoms with E-state index in [0.717, 1.165) is 34.2 Å². The zero-order valence-corrected chi connectivity index (χ0v) is 17.4. The zero-order chi connectivity index (χ0) is 19.8. The molecule has 1 aromatic carbocycles. The van der Waals surface area contributed by atoms with E-state index >= 15 is 0 Å². The summed E-state index contributed by atoms with van der Waals surface area (Å²) < 4.78 is 16.1. The van der Waals surface area contributed by atoms with Gasteiger partial charge in [0.1, 0.15) is 5.82 Å². The number of imidazole rings is 1. The van der Waals surface area contributed by atoms with Crippen molar-refractivity contribution >= 4 is 17.8 Å². The first-order valence-corrected chi connectivity index (χ1v) is 11.6. The second-order valence-electron chi connectivity index (χ2n) is 7.79. The summed E-state index contributed by atoms with van der Waals surface area (Å²) in [6.45, 7) is 0. The predicted molar refractivity (Wildman–Crippen MR) is 117 cm³/mol. The molecule has 0 saturated heterocycles. The van der Waals surface area contributed by atoms with Crippen LogP contribution in [0.15, 0.2) is 47.8 Å². The molecular formula is C24H24FN3S. The van der Waals surface area contributed by atoms with Crippen molar-refractivity contribution < 1.29 is 4.39 Å². The van der Waals surface area contributed by atoms with Crippen LogP contribution in [-0.4, -0.2) is 20.8 Å². The van der Waals surface area contributed by atoms with Crippen LogP contribution in [0.3, 0.4) is 0 Å². The molecule has 0 N–H and O–H groups in total.